The lowest BCUT2D eigenvalue weighted by atomic mass is 10.1. The summed E-state index contributed by atoms with van der Waals surface area (Å²) in [6.07, 6.45) is 1.68. The first kappa shape index (κ1) is 23.8. The number of ketones is 1. The summed E-state index contributed by atoms with van der Waals surface area (Å²) < 4.78 is 23.9. The van der Waals surface area contributed by atoms with Crippen molar-refractivity contribution >= 4 is 44.7 Å². The average molecular weight is 567 g/mol. The second kappa shape index (κ2) is 9.68. The molecule has 0 atom stereocenters. The Morgan fingerprint density at radius 2 is 1.66 bits per heavy atom. The van der Waals surface area contributed by atoms with Crippen molar-refractivity contribution in [2.24, 2.45) is 0 Å². The summed E-state index contributed by atoms with van der Waals surface area (Å²) in [6, 6.07) is 26.8. The highest BCUT2D eigenvalue weighted by molar-refractivity contribution is 9.10. The van der Waals surface area contributed by atoms with Crippen LogP contribution in [0, 0.1) is 0 Å². The first-order valence-corrected chi connectivity index (χ1v) is 12.5. The van der Waals surface area contributed by atoms with Crippen molar-refractivity contribution in [3.63, 3.8) is 0 Å². The van der Waals surface area contributed by atoms with Crippen molar-refractivity contribution in [1.29, 1.82) is 0 Å². The molecule has 0 saturated heterocycles. The minimum Gasteiger partial charge on any atom is -0.497 e. The van der Waals surface area contributed by atoms with E-state index in [-0.39, 0.29) is 22.9 Å². The number of rotatable bonds is 5. The highest BCUT2D eigenvalue weighted by Gasteiger charge is 2.29. The Morgan fingerprint density at radius 1 is 0.895 bits per heavy atom. The number of halogens is 1. The molecule has 1 aliphatic heterocycles. The van der Waals surface area contributed by atoms with Crippen molar-refractivity contribution in [3.8, 4) is 28.6 Å². The third-order valence-corrected chi connectivity index (χ3v) is 6.90. The predicted molar refractivity (Wildman–Crippen MR) is 147 cm³/mol. The molecule has 1 aromatic heterocycles. The van der Waals surface area contributed by atoms with Crippen LogP contribution in [0.2, 0.25) is 0 Å². The fraction of sp³-hybridized carbons (Fsp3) is 0.0323. The number of hydrogen-bond acceptors (Lipinski definition) is 6. The summed E-state index contributed by atoms with van der Waals surface area (Å²) in [4.78, 5) is 26.4. The number of methoxy groups -OCH3 is 1. The van der Waals surface area contributed by atoms with Gasteiger partial charge >= 0.3 is 5.97 Å². The molecule has 0 spiro atoms. The van der Waals surface area contributed by atoms with Crippen LogP contribution >= 0.6 is 15.9 Å². The van der Waals surface area contributed by atoms with E-state index in [9.17, 15) is 9.59 Å². The van der Waals surface area contributed by atoms with Gasteiger partial charge in [0.25, 0.3) is 0 Å². The zero-order valence-electron chi connectivity index (χ0n) is 20.1. The number of hydrogen-bond donors (Lipinski definition) is 0. The van der Waals surface area contributed by atoms with Crippen LogP contribution in [0.3, 0.4) is 0 Å². The van der Waals surface area contributed by atoms with Gasteiger partial charge in [0.2, 0.25) is 5.78 Å². The quantitative estimate of drug-likeness (QED) is 0.123. The van der Waals surface area contributed by atoms with Crippen LogP contribution in [-0.4, -0.2) is 18.9 Å². The largest absolute Gasteiger partial charge is 0.497 e. The Labute approximate surface area is 226 Å². The highest BCUT2D eigenvalue weighted by atomic mass is 79.9. The average Bonchev–Trinajstić information content (AvgIpc) is 3.47. The van der Waals surface area contributed by atoms with Gasteiger partial charge in [-0.2, -0.15) is 0 Å². The van der Waals surface area contributed by atoms with Gasteiger partial charge in [0.05, 0.1) is 12.7 Å². The molecule has 0 aliphatic carbocycles. The maximum atomic E-state index is 13.5. The van der Waals surface area contributed by atoms with Crippen LogP contribution in [0.25, 0.3) is 28.4 Å². The van der Waals surface area contributed by atoms with Crippen molar-refractivity contribution in [2.75, 3.05) is 7.11 Å². The SMILES string of the molecule is COc1ccc2oc(-c3ccccc3)c(C(=O)Oc3ccc4c(c3)OC(=Cc3ccccc3Br)C4=O)c2c1. The van der Waals surface area contributed by atoms with E-state index in [1.807, 2.05) is 54.6 Å². The van der Waals surface area contributed by atoms with Gasteiger partial charge in [-0.1, -0.05) is 64.5 Å². The fourth-order valence-corrected chi connectivity index (χ4v) is 4.72. The van der Waals surface area contributed by atoms with Gasteiger partial charge in [-0.25, -0.2) is 4.79 Å². The molecule has 0 fully saturated rings. The zero-order valence-corrected chi connectivity index (χ0v) is 21.7. The smallest absolute Gasteiger partial charge is 0.348 e. The second-order valence-electron chi connectivity index (χ2n) is 8.54. The normalized spacial score (nSPS) is 13.4. The number of benzene rings is 4. The number of ether oxygens (including phenoxy) is 3. The van der Waals surface area contributed by atoms with Crippen LogP contribution < -0.4 is 14.2 Å². The van der Waals surface area contributed by atoms with Gasteiger partial charge in [0, 0.05) is 21.5 Å². The molecule has 186 valence electrons. The topological polar surface area (TPSA) is 75.0 Å². The van der Waals surface area contributed by atoms with Gasteiger partial charge in [-0.15, -0.1) is 0 Å². The standard InChI is InChI=1S/C31H19BrO6/c1-35-20-12-14-25-23(16-20)28(30(38-25)18-7-3-2-4-8-18)31(34)36-21-11-13-22-26(17-21)37-27(29(22)33)15-19-9-5-6-10-24(19)32/h2-17H,1H3. The first-order valence-electron chi connectivity index (χ1n) is 11.7. The number of esters is 1. The summed E-state index contributed by atoms with van der Waals surface area (Å²) in [6.45, 7) is 0. The van der Waals surface area contributed by atoms with Gasteiger partial charge in [-0.3, -0.25) is 4.79 Å². The minimum atomic E-state index is -0.607. The Kier molecular flexibility index (Phi) is 6.05. The number of Topliss-reactive ketones (excluding diaryl/α,β-unsaturated/α-hetero) is 1. The lowest BCUT2D eigenvalue weighted by Gasteiger charge is -2.07. The predicted octanol–water partition coefficient (Wildman–Crippen LogP) is 7.71. The highest BCUT2D eigenvalue weighted by Crippen LogP contribution is 2.38. The van der Waals surface area contributed by atoms with Crippen molar-refractivity contribution < 1.29 is 28.2 Å². The molecule has 38 heavy (non-hydrogen) atoms. The summed E-state index contributed by atoms with van der Waals surface area (Å²) in [5.41, 5.74) is 2.75. The third-order valence-electron chi connectivity index (χ3n) is 6.18. The van der Waals surface area contributed by atoms with E-state index in [4.69, 9.17) is 18.6 Å². The maximum absolute atomic E-state index is 13.5. The van der Waals surface area contributed by atoms with Crippen molar-refractivity contribution in [2.45, 2.75) is 0 Å². The zero-order chi connectivity index (χ0) is 26.2. The van der Waals surface area contributed by atoms with Crippen molar-refractivity contribution in [3.05, 3.63) is 118 Å². The van der Waals surface area contributed by atoms with Crippen molar-refractivity contribution in [1.82, 2.24) is 0 Å². The summed E-state index contributed by atoms with van der Waals surface area (Å²) in [7, 11) is 1.56. The van der Waals surface area contributed by atoms with Gasteiger partial charge in [0.15, 0.2) is 5.76 Å². The molecule has 0 N–H and O–H groups in total. The Morgan fingerprint density at radius 3 is 2.45 bits per heavy atom. The fourth-order valence-electron chi connectivity index (χ4n) is 4.32. The van der Waals surface area contributed by atoms with Crippen LogP contribution in [-0.2, 0) is 0 Å². The minimum absolute atomic E-state index is 0.190. The molecule has 6 rings (SSSR count). The van der Waals surface area contributed by atoms with E-state index >= 15 is 0 Å². The molecule has 1 aliphatic rings. The Balaban J connectivity index is 1.34. The Bertz CT molecular complexity index is 1750. The molecule has 4 aromatic carbocycles. The van der Waals surface area contributed by atoms with E-state index in [0.29, 0.717) is 33.8 Å². The van der Waals surface area contributed by atoms with Crippen LogP contribution in [0.15, 0.2) is 106 Å². The molecule has 0 bridgehead atoms. The summed E-state index contributed by atoms with van der Waals surface area (Å²) in [5, 5.41) is 0.569. The van der Waals surface area contributed by atoms with E-state index in [1.165, 1.54) is 6.07 Å². The number of fused-ring (bicyclic) bond motifs is 2. The van der Waals surface area contributed by atoms with Gasteiger partial charge in [-0.05, 0) is 48.0 Å². The second-order valence-corrected chi connectivity index (χ2v) is 9.40. The van der Waals surface area contributed by atoms with E-state index in [0.717, 1.165) is 15.6 Å². The number of furan rings is 1. The number of carbonyl (C=O) groups is 2. The molecule has 0 unspecified atom stereocenters. The molecule has 7 heteroatoms. The molecule has 5 aromatic rings. The lowest BCUT2D eigenvalue weighted by molar-refractivity contribution is 0.0736. The molecule has 0 radical (unpaired) electrons. The monoisotopic (exact) mass is 566 g/mol. The summed E-state index contributed by atoms with van der Waals surface area (Å²) in [5.74, 6) is 0.873. The third kappa shape index (κ3) is 4.27. The molecule has 0 amide bonds. The van der Waals surface area contributed by atoms with Crippen LogP contribution in [0.4, 0.5) is 0 Å². The molecule has 0 saturated carbocycles. The van der Waals surface area contributed by atoms with Gasteiger partial charge < -0.3 is 18.6 Å². The molecular formula is C31H19BrO6. The lowest BCUT2D eigenvalue weighted by Crippen LogP contribution is -2.09. The van der Waals surface area contributed by atoms with Crippen LogP contribution in [0.5, 0.6) is 17.2 Å². The number of allylic oxidation sites excluding steroid dienone is 1. The van der Waals surface area contributed by atoms with E-state index in [1.54, 1.807) is 43.5 Å². The first-order chi connectivity index (χ1) is 18.5. The van der Waals surface area contributed by atoms with E-state index in [2.05, 4.69) is 15.9 Å². The molecule has 2 heterocycles. The van der Waals surface area contributed by atoms with Crippen LogP contribution in [0.1, 0.15) is 26.3 Å². The number of carbonyl (C=O) groups excluding carboxylic acids is 2. The molecule has 6 nitrogen and oxygen atoms in total. The maximum Gasteiger partial charge on any atom is 0.348 e. The molecular weight excluding hydrogens is 548 g/mol. The Hall–Kier alpha value is -4.62. The van der Waals surface area contributed by atoms with E-state index < -0.39 is 5.97 Å². The van der Waals surface area contributed by atoms with Gasteiger partial charge in [0.1, 0.15) is 34.2 Å². The summed E-state index contributed by atoms with van der Waals surface area (Å²) >= 11 is 3.48.